The van der Waals surface area contributed by atoms with E-state index in [9.17, 15) is 14.4 Å². The minimum atomic E-state index is -0.651. The molecule has 5 rings (SSSR count). The first-order valence-corrected chi connectivity index (χ1v) is 13.4. The maximum Gasteiger partial charge on any atom is 0.343 e. The molecule has 0 aliphatic carbocycles. The molecular formula is C31H26N2O6S. The van der Waals surface area contributed by atoms with E-state index in [1.165, 1.54) is 18.4 Å². The van der Waals surface area contributed by atoms with Gasteiger partial charge in [-0.3, -0.25) is 9.36 Å². The smallest absolute Gasteiger partial charge is 0.343 e. The second-order valence-corrected chi connectivity index (χ2v) is 9.90. The average Bonchev–Trinajstić information content (AvgIpc) is 3.31. The maximum absolute atomic E-state index is 13.7. The number of ether oxygens (including phenoxy) is 3. The van der Waals surface area contributed by atoms with Gasteiger partial charge in [0, 0.05) is 0 Å². The number of esters is 2. The highest BCUT2D eigenvalue weighted by Gasteiger charge is 2.33. The van der Waals surface area contributed by atoms with E-state index in [4.69, 9.17) is 14.2 Å². The summed E-state index contributed by atoms with van der Waals surface area (Å²) in [5.41, 5.74) is 2.63. The van der Waals surface area contributed by atoms with Crippen molar-refractivity contribution in [3.63, 3.8) is 0 Å². The van der Waals surface area contributed by atoms with Crippen LogP contribution in [0.1, 0.15) is 40.9 Å². The topological polar surface area (TPSA) is 96.2 Å². The van der Waals surface area contributed by atoms with Gasteiger partial charge < -0.3 is 14.2 Å². The molecule has 4 aromatic rings. The number of rotatable bonds is 7. The Morgan fingerprint density at radius 2 is 1.60 bits per heavy atom. The number of carbonyl (C=O) groups excluding carboxylic acids is 2. The summed E-state index contributed by atoms with van der Waals surface area (Å²) in [4.78, 5) is 44.2. The zero-order valence-corrected chi connectivity index (χ0v) is 22.9. The summed E-state index contributed by atoms with van der Waals surface area (Å²) >= 11 is 1.26. The van der Waals surface area contributed by atoms with Crippen LogP contribution < -0.4 is 24.4 Å². The molecule has 9 heteroatoms. The predicted octanol–water partition coefficient (Wildman–Crippen LogP) is 4.03. The van der Waals surface area contributed by atoms with Crippen molar-refractivity contribution in [3.05, 3.63) is 127 Å². The lowest BCUT2D eigenvalue weighted by Gasteiger charge is -2.25. The fourth-order valence-electron chi connectivity index (χ4n) is 4.49. The number of carbonyl (C=O) groups is 2. The number of allylic oxidation sites excluding steroid dienone is 1. The zero-order valence-electron chi connectivity index (χ0n) is 22.1. The van der Waals surface area contributed by atoms with Crippen LogP contribution in [0.15, 0.2) is 99.9 Å². The Kier molecular flexibility index (Phi) is 7.75. The molecule has 0 amide bonds. The molecule has 1 aromatic heterocycles. The molecule has 0 N–H and O–H groups in total. The number of methoxy groups -OCH3 is 2. The maximum atomic E-state index is 13.7. The van der Waals surface area contributed by atoms with E-state index in [1.54, 1.807) is 66.3 Å². The van der Waals surface area contributed by atoms with Crippen LogP contribution in [0.25, 0.3) is 6.08 Å². The van der Waals surface area contributed by atoms with E-state index in [0.29, 0.717) is 44.1 Å². The van der Waals surface area contributed by atoms with Gasteiger partial charge in [-0.1, -0.05) is 60.7 Å². The highest BCUT2D eigenvalue weighted by molar-refractivity contribution is 7.07. The molecule has 40 heavy (non-hydrogen) atoms. The van der Waals surface area contributed by atoms with Crippen molar-refractivity contribution in [2.24, 2.45) is 4.99 Å². The summed E-state index contributed by atoms with van der Waals surface area (Å²) < 4.78 is 17.7. The Morgan fingerprint density at radius 1 is 0.925 bits per heavy atom. The van der Waals surface area contributed by atoms with Gasteiger partial charge in [-0.25, -0.2) is 14.6 Å². The molecule has 0 saturated heterocycles. The van der Waals surface area contributed by atoms with Crippen LogP contribution in [-0.2, 0) is 9.53 Å². The van der Waals surface area contributed by atoms with Crippen LogP contribution in [0.2, 0.25) is 0 Å². The standard InChI is InChI=1S/C31H26N2O6S/c1-4-24-26(30(36)38-3)27(20-8-6-5-7-9-20)33-28(34)25(40-31(33)32-24)18-19-10-14-23(15-11-19)39-29(35)21-12-16-22(37-2)17-13-21/h5-18,27H,4H2,1-3H3/b25-18+/t27-/m1/s1. The zero-order chi connectivity index (χ0) is 28.2. The Bertz CT molecular complexity index is 1770. The van der Waals surface area contributed by atoms with Gasteiger partial charge >= 0.3 is 11.9 Å². The number of aromatic nitrogens is 1. The van der Waals surface area contributed by atoms with Crippen molar-refractivity contribution < 1.29 is 23.8 Å². The van der Waals surface area contributed by atoms with Crippen molar-refractivity contribution in [1.29, 1.82) is 0 Å². The van der Waals surface area contributed by atoms with E-state index in [1.807, 2.05) is 37.3 Å². The van der Waals surface area contributed by atoms with Gasteiger partial charge in [0.1, 0.15) is 11.5 Å². The number of hydrogen-bond acceptors (Lipinski definition) is 8. The van der Waals surface area contributed by atoms with E-state index < -0.39 is 18.0 Å². The van der Waals surface area contributed by atoms with Gasteiger partial charge in [0.05, 0.1) is 41.6 Å². The monoisotopic (exact) mass is 554 g/mol. The van der Waals surface area contributed by atoms with Crippen molar-refractivity contribution in [1.82, 2.24) is 4.57 Å². The third-order valence-electron chi connectivity index (χ3n) is 6.48. The SMILES string of the molecule is CCC1=C(C(=O)OC)[C@@H](c2ccccc2)n2c(s/c(=C/c3ccc(OC(=O)c4ccc(OC)cc4)cc3)c2=O)=N1. The third-order valence-corrected chi connectivity index (χ3v) is 7.46. The van der Waals surface area contributed by atoms with Gasteiger partial charge in [0.15, 0.2) is 4.80 Å². The molecule has 1 aliphatic heterocycles. The summed E-state index contributed by atoms with van der Waals surface area (Å²) in [6.07, 6.45) is 2.27. The van der Waals surface area contributed by atoms with Crippen LogP contribution in [0, 0.1) is 0 Å². The minimum absolute atomic E-state index is 0.260. The molecular weight excluding hydrogens is 528 g/mol. The second kappa shape index (κ2) is 11.5. The lowest BCUT2D eigenvalue weighted by molar-refractivity contribution is -0.136. The third kappa shape index (κ3) is 5.23. The number of fused-ring (bicyclic) bond motifs is 1. The van der Waals surface area contributed by atoms with Crippen LogP contribution in [0.3, 0.4) is 0 Å². The number of thiazole rings is 1. The molecule has 0 fully saturated rings. The van der Waals surface area contributed by atoms with E-state index >= 15 is 0 Å². The molecule has 0 bridgehead atoms. The molecule has 0 spiro atoms. The van der Waals surface area contributed by atoms with Crippen molar-refractivity contribution >= 4 is 29.4 Å². The summed E-state index contributed by atoms with van der Waals surface area (Å²) in [6.45, 7) is 1.92. The van der Waals surface area contributed by atoms with Crippen LogP contribution in [-0.4, -0.2) is 30.7 Å². The number of benzene rings is 3. The van der Waals surface area contributed by atoms with Gasteiger partial charge in [-0.2, -0.15) is 0 Å². The Hall–Kier alpha value is -4.76. The molecule has 0 radical (unpaired) electrons. The Labute approximate surface area is 234 Å². The molecule has 2 heterocycles. The largest absolute Gasteiger partial charge is 0.497 e. The van der Waals surface area contributed by atoms with Crippen LogP contribution >= 0.6 is 11.3 Å². The van der Waals surface area contributed by atoms with Gasteiger partial charge in [0.2, 0.25) is 0 Å². The number of hydrogen-bond donors (Lipinski definition) is 0. The summed E-state index contributed by atoms with van der Waals surface area (Å²) in [5.74, 6) is 0.0220. The van der Waals surface area contributed by atoms with Gasteiger partial charge in [0.25, 0.3) is 5.56 Å². The average molecular weight is 555 g/mol. The highest BCUT2D eigenvalue weighted by Crippen LogP contribution is 2.31. The van der Waals surface area contributed by atoms with E-state index in [2.05, 4.69) is 4.99 Å². The minimum Gasteiger partial charge on any atom is -0.497 e. The molecule has 202 valence electrons. The summed E-state index contributed by atoms with van der Waals surface area (Å²) in [7, 11) is 2.88. The fourth-order valence-corrected chi connectivity index (χ4v) is 5.51. The Balaban J connectivity index is 1.49. The van der Waals surface area contributed by atoms with Gasteiger partial charge in [-0.05, 0) is 60.0 Å². The summed E-state index contributed by atoms with van der Waals surface area (Å²) in [5, 5.41) is 0. The first-order valence-electron chi connectivity index (χ1n) is 12.6. The molecule has 1 aliphatic rings. The predicted molar refractivity (Wildman–Crippen MR) is 151 cm³/mol. The quantitative estimate of drug-likeness (QED) is 0.253. The molecule has 0 saturated carbocycles. The fraction of sp³-hybridized carbons (Fsp3) is 0.161. The molecule has 3 aromatic carbocycles. The molecule has 0 unspecified atom stereocenters. The molecule has 8 nitrogen and oxygen atoms in total. The van der Waals surface area contributed by atoms with Crippen molar-refractivity contribution in [2.45, 2.75) is 19.4 Å². The summed E-state index contributed by atoms with van der Waals surface area (Å²) in [6, 6.07) is 22.3. The second-order valence-electron chi connectivity index (χ2n) is 8.89. The lowest BCUT2D eigenvalue weighted by Crippen LogP contribution is -2.40. The number of nitrogens with zero attached hydrogens (tertiary/aromatic N) is 2. The van der Waals surface area contributed by atoms with Gasteiger partial charge in [-0.15, -0.1) is 0 Å². The van der Waals surface area contributed by atoms with Crippen LogP contribution in [0.4, 0.5) is 0 Å². The normalized spacial score (nSPS) is 14.8. The lowest BCUT2D eigenvalue weighted by atomic mass is 9.95. The van der Waals surface area contributed by atoms with E-state index in [0.717, 1.165) is 11.1 Å². The van der Waals surface area contributed by atoms with Crippen molar-refractivity contribution in [3.8, 4) is 11.5 Å². The van der Waals surface area contributed by atoms with Crippen LogP contribution in [0.5, 0.6) is 11.5 Å². The first kappa shape index (κ1) is 26.8. The highest BCUT2D eigenvalue weighted by atomic mass is 32.1. The molecule has 1 atom stereocenters. The first-order chi connectivity index (χ1) is 19.4. The van der Waals surface area contributed by atoms with E-state index in [-0.39, 0.29) is 5.56 Å². The van der Waals surface area contributed by atoms with Crippen molar-refractivity contribution in [2.75, 3.05) is 14.2 Å². The Morgan fingerprint density at radius 3 is 2.23 bits per heavy atom.